The van der Waals surface area contributed by atoms with Gasteiger partial charge < -0.3 is 9.88 Å². The van der Waals surface area contributed by atoms with Crippen LogP contribution in [-0.4, -0.2) is 48.9 Å². The van der Waals surface area contributed by atoms with E-state index < -0.39 is 0 Å². The molecule has 25 heavy (non-hydrogen) atoms. The zero-order valence-electron chi connectivity index (χ0n) is 14.4. The number of carbonyl (C=O) groups excluding carboxylic acids is 1. The molecule has 0 spiro atoms. The number of aryl methyl sites for hydroxylation is 2. The Hall–Kier alpha value is -2.09. The standard InChI is InChI=1S/C17H23N5O2S/c1-13-11-15(23)20-17(19-13)25-12-16(24)22-9-3-2-5-14(22)6-10-21-8-4-7-18-21/h4,7-8,11,14H,2-3,5-6,9-10,12H2,1H3,(H,19,20,23)/t14-/m0/s1. The number of nitrogens with one attached hydrogen (secondary N) is 1. The third-order valence-electron chi connectivity index (χ3n) is 4.38. The number of aromatic nitrogens is 4. The number of H-pyrrole nitrogens is 1. The smallest absolute Gasteiger partial charge is 0.251 e. The van der Waals surface area contributed by atoms with Gasteiger partial charge in [-0.1, -0.05) is 11.8 Å². The van der Waals surface area contributed by atoms with E-state index in [0.717, 1.165) is 38.8 Å². The van der Waals surface area contributed by atoms with Gasteiger partial charge in [0.25, 0.3) is 5.56 Å². The Bertz CT molecular complexity index is 759. The molecule has 1 aliphatic rings. The van der Waals surface area contributed by atoms with Gasteiger partial charge in [-0.25, -0.2) is 4.98 Å². The summed E-state index contributed by atoms with van der Waals surface area (Å²) in [4.78, 5) is 33.1. The summed E-state index contributed by atoms with van der Waals surface area (Å²) in [6, 6.07) is 3.62. The second-order valence-corrected chi connectivity index (χ2v) is 7.24. The van der Waals surface area contributed by atoms with E-state index in [1.165, 1.54) is 17.8 Å². The molecule has 1 atom stereocenters. The van der Waals surface area contributed by atoms with Crippen molar-refractivity contribution in [1.29, 1.82) is 0 Å². The van der Waals surface area contributed by atoms with Crippen molar-refractivity contribution in [1.82, 2.24) is 24.6 Å². The molecule has 2 aromatic heterocycles. The molecule has 1 fully saturated rings. The maximum Gasteiger partial charge on any atom is 0.251 e. The predicted octanol–water partition coefficient (Wildman–Crippen LogP) is 1.84. The molecule has 7 nitrogen and oxygen atoms in total. The SMILES string of the molecule is Cc1cc(=O)[nH]c(SCC(=O)N2CCCC[C@H]2CCn2cccn2)n1. The number of amides is 1. The Morgan fingerprint density at radius 1 is 1.44 bits per heavy atom. The first-order chi connectivity index (χ1) is 12.1. The van der Waals surface area contributed by atoms with Gasteiger partial charge in [0.2, 0.25) is 5.91 Å². The van der Waals surface area contributed by atoms with Crippen LogP contribution in [0, 0.1) is 6.92 Å². The molecular formula is C17H23N5O2S. The lowest BCUT2D eigenvalue weighted by molar-refractivity contribution is -0.132. The van der Waals surface area contributed by atoms with E-state index in [1.807, 2.05) is 21.8 Å². The van der Waals surface area contributed by atoms with Gasteiger partial charge in [0.05, 0.1) is 5.75 Å². The summed E-state index contributed by atoms with van der Waals surface area (Å²) in [7, 11) is 0. The molecule has 0 saturated carbocycles. The van der Waals surface area contributed by atoms with E-state index in [1.54, 1.807) is 13.1 Å². The number of thioether (sulfide) groups is 1. The fraction of sp³-hybridized carbons (Fsp3) is 0.529. The van der Waals surface area contributed by atoms with Crippen LogP contribution < -0.4 is 5.56 Å². The normalized spacial score (nSPS) is 17.6. The number of hydrogen-bond acceptors (Lipinski definition) is 5. The molecule has 3 rings (SSSR count). The Kier molecular flexibility index (Phi) is 5.91. The molecular weight excluding hydrogens is 338 g/mol. The molecule has 1 saturated heterocycles. The van der Waals surface area contributed by atoms with Crippen molar-refractivity contribution in [2.45, 2.75) is 50.4 Å². The van der Waals surface area contributed by atoms with Crippen LogP contribution >= 0.6 is 11.8 Å². The maximum atomic E-state index is 12.7. The van der Waals surface area contributed by atoms with Gasteiger partial charge in [-0.05, 0) is 38.7 Å². The average molecular weight is 361 g/mol. The molecule has 3 heterocycles. The third kappa shape index (κ3) is 4.94. The number of aromatic amines is 1. The molecule has 0 aliphatic carbocycles. The van der Waals surface area contributed by atoms with Gasteiger partial charge in [-0.2, -0.15) is 5.10 Å². The van der Waals surface area contributed by atoms with Crippen molar-refractivity contribution in [3.63, 3.8) is 0 Å². The second-order valence-electron chi connectivity index (χ2n) is 6.28. The van der Waals surface area contributed by atoms with Crippen LogP contribution in [0.25, 0.3) is 0 Å². The van der Waals surface area contributed by atoms with E-state index in [9.17, 15) is 9.59 Å². The number of piperidine rings is 1. The summed E-state index contributed by atoms with van der Waals surface area (Å²) >= 11 is 1.29. The zero-order valence-corrected chi connectivity index (χ0v) is 15.2. The van der Waals surface area contributed by atoms with Gasteiger partial charge in [-0.15, -0.1) is 0 Å². The summed E-state index contributed by atoms with van der Waals surface area (Å²) in [5.74, 6) is 0.407. The summed E-state index contributed by atoms with van der Waals surface area (Å²) < 4.78 is 1.91. The Labute approximate surface area is 150 Å². The lowest BCUT2D eigenvalue weighted by atomic mass is 9.99. The molecule has 0 aromatic carbocycles. The highest BCUT2D eigenvalue weighted by Gasteiger charge is 2.26. The number of carbonyl (C=O) groups is 1. The summed E-state index contributed by atoms with van der Waals surface area (Å²) in [5, 5.41) is 4.73. The highest BCUT2D eigenvalue weighted by Crippen LogP contribution is 2.22. The van der Waals surface area contributed by atoms with Crippen LogP contribution in [0.4, 0.5) is 0 Å². The van der Waals surface area contributed by atoms with Crippen molar-refractivity contribution in [3.8, 4) is 0 Å². The van der Waals surface area contributed by atoms with Crippen LogP contribution in [0.3, 0.4) is 0 Å². The van der Waals surface area contributed by atoms with Gasteiger partial charge in [0.1, 0.15) is 0 Å². The van der Waals surface area contributed by atoms with Crippen LogP contribution in [-0.2, 0) is 11.3 Å². The van der Waals surface area contributed by atoms with Gasteiger partial charge in [0.15, 0.2) is 5.16 Å². The predicted molar refractivity (Wildman–Crippen MR) is 96.5 cm³/mol. The molecule has 2 aromatic rings. The van der Waals surface area contributed by atoms with Crippen LogP contribution in [0.1, 0.15) is 31.4 Å². The van der Waals surface area contributed by atoms with E-state index in [0.29, 0.717) is 16.6 Å². The van der Waals surface area contributed by atoms with Crippen molar-refractivity contribution in [2.75, 3.05) is 12.3 Å². The summed E-state index contributed by atoms with van der Waals surface area (Å²) in [6.07, 6.45) is 7.89. The van der Waals surface area contributed by atoms with E-state index in [-0.39, 0.29) is 17.5 Å². The molecule has 1 amide bonds. The summed E-state index contributed by atoms with van der Waals surface area (Å²) in [5.41, 5.74) is 0.478. The number of hydrogen-bond donors (Lipinski definition) is 1. The van der Waals surface area contributed by atoms with Crippen LogP contribution in [0.2, 0.25) is 0 Å². The first-order valence-corrected chi connectivity index (χ1v) is 9.58. The molecule has 0 unspecified atom stereocenters. The minimum absolute atomic E-state index is 0.110. The van der Waals surface area contributed by atoms with Crippen molar-refractivity contribution in [2.24, 2.45) is 0 Å². The van der Waals surface area contributed by atoms with Gasteiger partial charge >= 0.3 is 0 Å². The number of rotatable bonds is 6. The molecule has 8 heteroatoms. The Morgan fingerprint density at radius 2 is 2.32 bits per heavy atom. The second kappa shape index (κ2) is 8.33. The minimum atomic E-state index is -0.183. The largest absolute Gasteiger partial charge is 0.339 e. The van der Waals surface area contributed by atoms with Crippen LogP contribution in [0.5, 0.6) is 0 Å². The van der Waals surface area contributed by atoms with E-state index >= 15 is 0 Å². The first kappa shape index (κ1) is 17.7. The average Bonchev–Trinajstić information content (AvgIpc) is 3.11. The van der Waals surface area contributed by atoms with Crippen molar-refractivity contribution in [3.05, 3.63) is 40.6 Å². The maximum absolute atomic E-state index is 12.7. The Morgan fingerprint density at radius 3 is 3.08 bits per heavy atom. The monoisotopic (exact) mass is 361 g/mol. The van der Waals surface area contributed by atoms with Crippen molar-refractivity contribution < 1.29 is 4.79 Å². The van der Waals surface area contributed by atoms with Gasteiger partial charge in [-0.3, -0.25) is 14.3 Å². The van der Waals surface area contributed by atoms with E-state index in [4.69, 9.17) is 0 Å². The fourth-order valence-corrected chi connectivity index (χ4v) is 3.98. The number of likely N-dealkylation sites (tertiary alicyclic amines) is 1. The topological polar surface area (TPSA) is 83.9 Å². The van der Waals surface area contributed by atoms with Gasteiger partial charge in [0, 0.05) is 43.3 Å². The molecule has 0 bridgehead atoms. The number of nitrogens with zero attached hydrogens (tertiary/aromatic N) is 4. The van der Waals surface area contributed by atoms with Crippen molar-refractivity contribution >= 4 is 17.7 Å². The molecule has 134 valence electrons. The highest BCUT2D eigenvalue weighted by molar-refractivity contribution is 7.99. The van der Waals surface area contributed by atoms with Crippen LogP contribution in [0.15, 0.2) is 34.5 Å². The molecule has 1 aliphatic heterocycles. The summed E-state index contributed by atoms with van der Waals surface area (Å²) in [6.45, 7) is 3.40. The minimum Gasteiger partial charge on any atom is -0.339 e. The fourth-order valence-electron chi connectivity index (χ4n) is 3.18. The molecule has 1 N–H and O–H groups in total. The lowest BCUT2D eigenvalue weighted by Crippen LogP contribution is -2.45. The molecule has 0 radical (unpaired) electrons. The first-order valence-electron chi connectivity index (χ1n) is 8.59. The lowest BCUT2D eigenvalue weighted by Gasteiger charge is -2.36. The highest BCUT2D eigenvalue weighted by atomic mass is 32.2. The Balaban J connectivity index is 1.57. The third-order valence-corrected chi connectivity index (χ3v) is 5.24. The zero-order chi connectivity index (χ0) is 17.6. The van der Waals surface area contributed by atoms with E-state index in [2.05, 4.69) is 15.1 Å². The quantitative estimate of drug-likeness (QED) is 0.627.